The van der Waals surface area contributed by atoms with Crippen LogP contribution in [0.2, 0.25) is 0 Å². The third-order valence-electron chi connectivity index (χ3n) is 6.55. The molecule has 2 fully saturated rings. The molecule has 1 saturated carbocycles. The number of aromatic hydroxyl groups is 1. The zero-order valence-corrected chi connectivity index (χ0v) is 17.4. The van der Waals surface area contributed by atoms with Crippen molar-refractivity contribution < 1.29 is 24.5 Å². The number of Topliss-reactive ketones (excluding diaryl/α,β-unsaturated/α-hetero) is 1. The molecule has 5 rings (SSSR count). The molecule has 2 aromatic rings. The Kier molecular flexibility index (Phi) is 4.73. The molecular formula is C25H25NO5. The van der Waals surface area contributed by atoms with Crippen LogP contribution in [0.3, 0.4) is 0 Å². The third kappa shape index (κ3) is 3.26. The van der Waals surface area contributed by atoms with Crippen LogP contribution >= 0.6 is 0 Å². The largest absolute Gasteiger partial charge is 0.508 e. The number of benzene rings is 2. The molecule has 0 bridgehead atoms. The van der Waals surface area contributed by atoms with Crippen LogP contribution in [0, 0.1) is 0 Å². The van der Waals surface area contributed by atoms with E-state index in [-0.39, 0.29) is 29.2 Å². The van der Waals surface area contributed by atoms with Crippen LogP contribution in [0.5, 0.6) is 11.5 Å². The van der Waals surface area contributed by atoms with Crippen molar-refractivity contribution in [3.8, 4) is 11.5 Å². The average molecular weight is 419 g/mol. The smallest absolute Gasteiger partial charge is 0.295 e. The lowest BCUT2D eigenvalue weighted by Gasteiger charge is -2.30. The number of aliphatic hydroxyl groups excluding tert-OH is 1. The molecule has 2 aromatic carbocycles. The first-order valence-corrected chi connectivity index (χ1v) is 10.8. The van der Waals surface area contributed by atoms with Crippen LogP contribution in [-0.2, 0) is 16.0 Å². The van der Waals surface area contributed by atoms with E-state index in [1.54, 1.807) is 41.3 Å². The van der Waals surface area contributed by atoms with Gasteiger partial charge in [0.05, 0.1) is 11.6 Å². The summed E-state index contributed by atoms with van der Waals surface area (Å²) in [7, 11) is 0. The minimum atomic E-state index is -0.723. The molecule has 0 aromatic heterocycles. The lowest BCUT2D eigenvalue weighted by atomic mass is 9.94. The summed E-state index contributed by atoms with van der Waals surface area (Å²) in [5, 5.41) is 21.3. The number of hydrogen-bond acceptors (Lipinski definition) is 5. The molecule has 2 atom stereocenters. The first kappa shape index (κ1) is 19.7. The van der Waals surface area contributed by atoms with Gasteiger partial charge in [0.1, 0.15) is 23.4 Å². The first-order valence-electron chi connectivity index (χ1n) is 10.8. The second-order valence-electron chi connectivity index (χ2n) is 8.69. The molecular weight excluding hydrogens is 394 g/mol. The minimum absolute atomic E-state index is 0.0524. The SMILES string of the molecule is CC1Cc2cc(/C(O)=C3/C(=O)C(=O)N(C4CCCC4)C3c3cccc(O)c3)ccc2O1. The van der Waals surface area contributed by atoms with E-state index < -0.39 is 17.7 Å². The van der Waals surface area contributed by atoms with Crippen LogP contribution in [0.25, 0.3) is 5.76 Å². The van der Waals surface area contributed by atoms with Crippen molar-refractivity contribution in [2.24, 2.45) is 0 Å². The molecule has 0 spiro atoms. The van der Waals surface area contributed by atoms with E-state index in [9.17, 15) is 19.8 Å². The Hall–Kier alpha value is -3.28. The molecule has 2 N–H and O–H groups in total. The molecule has 160 valence electrons. The molecule has 3 aliphatic rings. The van der Waals surface area contributed by atoms with Gasteiger partial charge < -0.3 is 19.8 Å². The van der Waals surface area contributed by atoms with Gasteiger partial charge in [0, 0.05) is 18.0 Å². The normalized spacial score (nSPS) is 25.1. The summed E-state index contributed by atoms with van der Waals surface area (Å²) in [4.78, 5) is 27.9. The van der Waals surface area contributed by atoms with Crippen LogP contribution in [0.15, 0.2) is 48.0 Å². The van der Waals surface area contributed by atoms with Gasteiger partial charge in [-0.15, -0.1) is 0 Å². The zero-order valence-electron chi connectivity index (χ0n) is 17.4. The number of rotatable bonds is 3. The Morgan fingerprint density at radius 1 is 1.10 bits per heavy atom. The quantitative estimate of drug-likeness (QED) is 0.445. The molecule has 1 saturated heterocycles. The number of carbonyl (C=O) groups is 2. The Bertz CT molecular complexity index is 1100. The van der Waals surface area contributed by atoms with E-state index in [4.69, 9.17) is 4.74 Å². The Balaban J connectivity index is 1.65. The Morgan fingerprint density at radius 3 is 2.61 bits per heavy atom. The number of carbonyl (C=O) groups excluding carboxylic acids is 2. The van der Waals surface area contributed by atoms with Crippen LogP contribution in [0.4, 0.5) is 0 Å². The van der Waals surface area contributed by atoms with Crippen molar-refractivity contribution in [3.63, 3.8) is 0 Å². The van der Waals surface area contributed by atoms with Gasteiger partial charge in [-0.05, 0) is 61.2 Å². The zero-order chi connectivity index (χ0) is 21.7. The number of aliphatic hydroxyl groups is 1. The number of phenolic OH excluding ortho intramolecular Hbond substituents is 1. The third-order valence-corrected chi connectivity index (χ3v) is 6.55. The second kappa shape index (κ2) is 7.45. The maximum absolute atomic E-state index is 13.1. The molecule has 2 heterocycles. The van der Waals surface area contributed by atoms with Crippen molar-refractivity contribution in [2.75, 3.05) is 0 Å². The van der Waals surface area contributed by atoms with Gasteiger partial charge in [-0.3, -0.25) is 9.59 Å². The average Bonchev–Trinajstić information content (AvgIpc) is 3.45. The van der Waals surface area contributed by atoms with Gasteiger partial charge in [0.15, 0.2) is 0 Å². The van der Waals surface area contributed by atoms with Crippen molar-refractivity contribution in [2.45, 2.75) is 57.2 Å². The number of nitrogens with zero attached hydrogens (tertiary/aromatic N) is 1. The van der Waals surface area contributed by atoms with Gasteiger partial charge in [0.25, 0.3) is 11.7 Å². The molecule has 1 amide bonds. The summed E-state index contributed by atoms with van der Waals surface area (Å²) < 4.78 is 5.74. The molecule has 6 heteroatoms. The summed E-state index contributed by atoms with van der Waals surface area (Å²) in [6, 6.07) is 11.1. The second-order valence-corrected chi connectivity index (χ2v) is 8.69. The molecule has 2 aliphatic heterocycles. The van der Waals surface area contributed by atoms with E-state index in [0.717, 1.165) is 43.4 Å². The first-order chi connectivity index (χ1) is 14.9. The van der Waals surface area contributed by atoms with Gasteiger partial charge in [0.2, 0.25) is 0 Å². The fourth-order valence-electron chi connectivity index (χ4n) is 5.16. The van der Waals surface area contributed by atoms with Gasteiger partial charge in [-0.2, -0.15) is 0 Å². The van der Waals surface area contributed by atoms with Gasteiger partial charge in [-0.25, -0.2) is 0 Å². The van der Waals surface area contributed by atoms with E-state index >= 15 is 0 Å². The highest BCUT2D eigenvalue weighted by Crippen LogP contribution is 2.44. The number of likely N-dealkylation sites (tertiary alicyclic amines) is 1. The fourth-order valence-corrected chi connectivity index (χ4v) is 5.16. The summed E-state index contributed by atoms with van der Waals surface area (Å²) in [5.41, 5.74) is 2.15. The number of ether oxygens (including phenoxy) is 1. The van der Waals surface area contributed by atoms with Crippen molar-refractivity contribution in [1.82, 2.24) is 4.90 Å². The van der Waals surface area contributed by atoms with E-state index in [0.29, 0.717) is 11.1 Å². The van der Waals surface area contributed by atoms with Crippen LogP contribution in [0.1, 0.15) is 55.3 Å². The Labute approximate surface area is 180 Å². The lowest BCUT2D eigenvalue weighted by molar-refractivity contribution is -0.141. The van der Waals surface area contributed by atoms with E-state index in [1.807, 2.05) is 13.0 Å². The monoisotopic (exact) mass is 419 g/mol. The minimum Gasteiger partial charge on any atom is -0.508 e. The van der Waals surface area contributed by atoms with Crippen LogP contribution in [-0.4, -0.2) is 38.9 Å². The molecule has 31 heavy (non-hydrogen) atoms. The Morgan fingerprint density at radius 2 is 1.87 bits per heavy atom. The molecule has 0 radical (unpaired) electrons. The van der Waals surface area contributed by atoms with Gasteiger partial charge in [-0.1, -0.05) is 25.0 Å². The van der Waals surface area contributed by atoms with Crippen LogP contribution < -0.4 is 4.74 Å². The fraction of sp³-hybridized carbons (Fsp3) is 0.360. The number of ketones is 1. The number of hydrogen-bond donors (Lipinski definition) is 2. The van der Waals surface area contributed by atoms with E-state index in [1.165, 1.54) is 0 Å². The highest BCUT2D eigenvalue weighted by molar-refractivity contribution is 6.46. The molecule has 2 unspecified atom stereocenters. The predicted octanol–water partition coefficient (Wildman–Crippen LogP) is 4.08. The standard InChI is InChI=1S/C25H25NO5/c1-14-11-17-12-16(9-10-20(17)31-14)23(28)21-22(15-5-4-8-19(27)13-15)26(25(30)24(21)29)18-6-2-3-7-18/h4-5,8-10,12-14,18,22,27-28H,2-3,6-7,11H2,1H3/b23-21-. The molecule has 1 aliphatic carbocycles. The lowest BCUT2D eigenvalue weighted by Crippen LogP contribution is -2.37. The van der Waals surface area contributed by atoms with Gasteiger partial charge >= 0.3 is 0 Å². The predicted molar refractivity (Wildman–Crippen MR) is 115 cm³/mol. The van der Waals surface area contributed by atoms with E-state index in [2.05, 4.69) is 0 Å². The summed E-state index contributed by atoms with van der Waals surface area (Å²) >= 11 is 0. The number of amides is 1. The summed E-state index contributed by atoms with van der Waals surface area (Å²) in [6.07, 6.45) is 4.45. The summed E-state index contributed by atoms with van der Waals surface area (Å²) in [5.74, 6) is -0.615. The van der Waals surface area contributed by atoms with Crippen molar-refractivity contribution in [1.29, 1.82) is 0 Å². The molecule has 6 nitrogen and oxygen atoms in total. The highest BCUT2D eigenvalue weighted by atomic mass is 16.5. The van der Waals surface area contributed by atoms with Crippen molar-refractivity contribution >= 4 is 17.4 Å². The maximum atomic E-state index is 13.1. The maximum Gasteiger partial charge on any atom is 0.295 e. The highest BCUT2D eigenvalue weighted by Gasteiger charge is 2.49. The summed E-state index contributed by atoms with van der Waals surface area (Å²) in [6.45, 7) is 1.98. The van der Waals surface area contributed by atoms with Crippen molar-refractivity contribution in [3.05, 3.63) is 64.7 Å². The number of fused-ring (bicyclic) bond motifs is 1. The topological polar surface area (TPSA) is 87.1 Å². The number of phenols is 1.